The molecule has 7 heteroatoms. The van der Waals surface area contributed by atoms with Gasteiger partial charge in [-0.25, -0.2) is 0 Å². The van der Waals surface area contributed by atoms with E-state index in [0.717, 1.165) is 42.6 Å². The minimum Gasteiger partial charge on any atom is -0.481 e. The molecule has 4 fully saturated rings. The van der Waals surface area contributed by atoms with Crippen LogP contribution in [0.3, 0.4) is 0 Å². The van der Waals surface area contributed by atoms with Crippen LogP contribution >= 0.6 is 11.8 Å². The highest BCUT2D eigenvalue weighted by Gasteiger charge is 2.21. The van der Waals surface area contributed by atoms with Gasteiger partial charge in [0.2, 0.25) is 0 Å². The lowest BCUT2D eigenvalue weighted by atomic mass is 9.86. The van der Waals surface area contributed by atoms with Crippen LogP contribution in [0.2, 0.25) is 0 Å². The van der Waals surface area contributed by atoms with E-state index in [2.05, 4.69) is 0 Å². The lowest BCUT2D eigenvalue weighted by Gasteiger charge is -2.21. The van der Waals surface area contributed by atoms with Crippen LogP contribution in [-0.2, 0) is 9.59 Å². The second kappa shape index (κ2) is 19.5. The second-order valence-electron chi connectivity index (χ2n) is 9.98. The van der Waals surface area contributed by atoms with Gasteiger partial charge in [-0.2, -0.15) is 11.8 Å². The number of carbonyl (C=O) groups is 2. The summed E-state index contributed by atoms with van der Waals surface area (Å²) in [6.07, 6.45) is 19.1. The number of thioether (sulfide) groups is 1. The first-order chi connectivity index (χ1) is 16.0. The summed E-state index contributed by atoms with van der Waals surface area (Å²) in [6, 6.07) is 0. The molecule has 0 radical (unpaired) electrons. The molecule has 0 aromatic carbocycles. The van der Waals surface area contributed by atoms with Gasteiger partial charge in [-0.05, 0) is 62.0 Å². The number of carboxylic acids is 2. The van der Waals surface area contributed by atoms with Crippen LogP contribution in [0.1, 0.15) is 103 Å². The van der Waals surface area contributed by atoms with E-state index in [1.54, 1.807) is 11.8 Å². The van der Waals surface area contributed by atoms with Crippen molar-refractivity contribution in [1.29, 1.82) is 0 Å². The normalized spacial score (nSPS) is 22.8. The Labute approximate surface area is 204 Å². The van der Waals surface area contributed by atoms with Crippen molar-refractivity contribution in [3.8, 4) is 0 Å². The summed E-state index contributed by atoms with van der Waals surface area (Å²) in [6.45, 7) is 0.802. The van der Waals surface area contributed by atoms with Gasteiger partial charge in [0, 0.05) is 25.4 Å². The molecule has 3 saturated carbocycles. The third-order valence-electron chi connectivity index (χ3n) is 7.25. The van der Waals surface area contributed by atoms with Crippen molar-refractivity contribution in [1.82, 2.24) is 0 Å². The summed E-state index contributed by atoms with van der Waals surface area (Å²) in [7, 11) is 0. The minimum atomic E-state index is -0.646. The van der Waals surface area contributed by atoms with Crippen LogP contribution in [0, 0.1) is 23.7 Å². The Hall–Kier alpha value is -0.790. The van der Waals surface area contributed by atoms with Gasteiger partial charge in [-0.15, -0.1) is 0 Å². The maximum absolute atomic E-state index is 10.2. The van der Waals surface area contributed by atoms with Gasteiger partial charge in [0.25, 0.3) is 0 Å². The molecular formula is C26H48O6S. The van der Waals surface area contributed by atoms with Crippen LogP contribution in [0.25, 0.3) is 0 Å². The van der Waals surface area contributed by atoms with E-state index >= 15 is 0 Å². The van der Waals surface area contributed by atoms with E-state index in [-0.39, 0.29) is 5.92 Å². The van der Waals surface area contributed by atoms with Crippen molar-refractivity contribution < 1.29 is 30.0 Å². The average molecular weight is 489 g/mol. The molecule has 6 nitrogen and oxygen atoms in total. The summed E-state index contributed by atoms with van der Waals surface area (Å²) in [4.78, 5) is 20.3. The van der Waals surface area contributed by atoms with Crippen LogP contribution in [0.5, 0.6) is 0 Å². The quantitative estimate of drug-likeness (QED) is 0.352. The lowest BCUT2D eigenvalue weighted by molar-refractivity contribution is -0.141. The van der Waals surface area contributed by atoms with Crippen LogP contribution in [0.15, 0.2) is 0 Å². The number of aliphatic carboxylic acids is 2. The molecule has 3 aliphatic carbocycles. The molecule has 1 heterocycles. The topological polar surface area (TPSA) is 115 Å². The predicted octanol–water partition coefficient (Wildman–Crippen LogP) is 5.59. The van der Waals surface area contributed by atoms with Gasteiger partial charge in [-0.3, -0.25) is 9.59 Å². The lowest BCUT2D eigenvalue weighted by Crippen LogP contribution is -2.14. The summed E-state index contributed by atoms with van der Waals surface area (Å²) >= 11 is 1.73. The molecule has 1 aliphatic heterocycles. The zero-order valence-corrected chi connectivity index (χ0v) is 21.3. The van der Waals surface area contributed by atoms with Crippen molar-refractivity contribution in [3.63, 3.8) is 0 Å². The Morgan fingerprint density at radius 2 is 1.27 bits per heavy atom. The zero-order valence-electron chi connectivity index (χ0n) is 20.5. The number of hydrogen-bond acceptors (Lipinski definition) is 5. The van der Waals surface area contributed by atoms with E-state index < -0.39 is 11.9 Å². The summed E-state index contributed by atoms with van der Waals surface area (Å²) in [5.74, 6) is 2.85. The van der Waals surface area contributed by atoms with Crippen molar-refractivity contribution >= 4 is 23.7 Å². The molecule has 0 amide bonds. The highest BCUT2D eigenvalue weighted by atomic mass is 32.2. The Kier molecular flexibility index (Phi) is 17.9. The molecule has 1 unspecified atom stereocenters. The average Bonchev–Trinajstić information content (AvgIpc) is 3.55. The SMILES string of the molecule is O=C(O)C1CCSC1.O=C(O)CCC1CCCC1.OCC1CCC1.OCCCC1CCCC1. The molecule has 0 aromatic heterocycles. The highest BCUT2D eigenvalue weighted by Crippen LogP contribution is 2.29. The Balaban J connectivity index is 0.000000223. The van der Waals surface area contributed by atoms with E-state index in [1.807, 2.05) is 0 Å². The minimum absolute atomic E-state index is 0.0556. The predicted molar refractivity (Wildman–Crippen MR) is 135 cm³/mol. The smallest absolute Gasteiger partial charge is 0.307 e. The van der Waals surface area contributed by atoms with Crippen LogP contribution in [-0.4, -0.2) is 57.1 Å². The van der Waals surface area contributed by atoms with E-state index in [4.69, 9.17) is 20.4 Å². The highest BCUT2D eigenvalue weighted by molar-refractivity contribution is 7.99. The number of hydrogen-bond donors (Lipinski definition) is 4. The molecular weight excluding hydrogens is 440 g/mol. The maximum Gasteiger partial charge on any atom is 0.307 e. The summed E-state index contributed by atoms with van der Waals surface area (Å²) < 4.78 is 0. The van der Waals surface area contributed by atoms with Gasteiger partial charge in [0.05, 0.1) is 5.92 Å². The van der Waals surface area contributed by atoms with Crippen LogP contribution < -0.4 is 0 Å². The molecule has 0 spiro atoms. The van der Waals surface area contributed by atoms with Gasteiger partial charge in [0.1, 0.15) is 0 Å². The first kappa shape index (κ1) is 30.2. The number of aliphatic hydroxyl groups is 2. The Bertz CT molecular complexity index is 490. The van der Waals surface area contributed by atoms with Gasteiger partial charge < -0.3 is 20.4 Å². The largest absolute Gasteiger partial charge is 0.481 e. The van der Waals surface area contributed by atoms with Crippen molar-refractivity contribution in [3.05, 3.63) is 0 Å². The monoisotopic (exact) mass is 488 g/mol. The molecule has 4 aliphatic rings. The zero-order chi connectivity index (χ0) is 24.3. The molecule has 33 heavy (non-hydrogen) atoms. The molecule has 0 aromatic rings. The Morgan fingerprint density at radius 1 is 0.727 bits per heavy atom. The summed E-state index contributed by atoms with van der Waals surface area (Å²) in [5.41, 5.74) is 0. The third kappa shape index (κ3) is 15.7. The van der Waals surface area contributed by atoms with Crippen molar-refractivity contribution in [2.24, 2.45) is 23.7 Å². The Morgan fingerprint density at radius 3 is 1.58 bits per heavy atom. The van der Waals surface area contributed by atoms with Crippen LogP contribution in [0.4, 0.5) is 0 Å². The number of rotatable bonds is 8. The maximum atomic E-state index is 10.2. The van der Waals surface area contributed by atoms with E-state index in [1.165, 1.54) is 77.0 Å². The first-order valence-corrected chi connectivity index (χ1v) is 14.4. The molecule has 4 rings (SSSR count). The third-order valence-corrected chi connectivity index (χ3v) is 8.41. The van der Waals surface area contributed by atoms with E-state index in [0.29, 0.717) is 25.6 Å². The van der Waals surface area contributed by atoms with E-state index in [9.17, 15) is 9.59 Å². The van der Waals surface area contributed by atoms with Gasteiger partial charge in [-0.1, -0.05) is 57.8 Å². The fraction of sp³-hybridized carbons (Fsp3) is 0.923. The van der Waals surface area contributed by atoms with Gasteiger partial charge >= 0.3 is 11.9 Å². The molecule has 0 bridgehead atoms. The molecule has 194 valence electrons. The van der Waals surface area contributed by atoms with Crippen molar-refractivity contribution in [2.75, 3.05) is 24.7 Å². The first-order valence-electron chi connectivity index (χ1n) is 13.2. The van der Waals surface area contributed by atoms with Gasteiger partial charge in [0.15, 0.2) is 0 Å². The summed E-state index contributed by atoms with van der Waals surface area (Å²) in [5, 5.41) is 33.7. The molecule has 4 N–H and O–H groups in total. The molecule has 1 saturated heterocycles. The number of aliphatic hydroxyl groups excluding tert-OH is 2. The van der Waals surface area contributed by atoms with Crippen molar-refractivity contribution in [2.45, 2.75) is 103 Å². The fourth-order valence-corrected chi connectivity index (χ4v) is 5.92. The fourth-order valence-electron chi connectivity index (χ4n) is 4.71. The molecule has 1 atom stereocenters. The second-order valence-corrected chi connectivity index (χ2v) is 11.1. The standard InChI is InChI=1S/C8H14O2.C8H16O.C5H8O2S.C5H10O/c9-8(10)6-5-7-3-1-2-4-7;9-7-3-6-8-4-1-2-5-8;6-5(7)4-1-2-8-3-4;6-4-5-2-1-3-5/h7H,1-6H2,(H,9,10);8-9H,1-7H2;4H,1-3H2,(H,6,7);5-6H,1-4H2. The number of carboxylic acid groups (broad SMARTS) is 2.